The average Bonchev–Trinajstić information content (AvgIpc) is 2.37. The Morgan fingerprint density at radius 2 is 2.15 bits per heavy atom. The van der Waals surface area contributed by atoms with Gasteiger partial charge in [-0.1, -0.05) is 6.92 Å². The lowest BCUT2D eigenvalue weighted by Gasteiger charge is -2.34. The maximum Gasteiger partial charge on any atom is 0.0426 e. The molecule has 2 unspecified atom stereocenters. The molecule has 2 rings (SSSR count). The summed E-state index contributed by atoms with van der Waals surface area (Å²) in [5.74, 6) is 0. The number of likely N-dealkylation sites (N-methyl/N-ethyl adjacent to an activating group) is 1. The summed E-state index contributed by atoms with van der Waals surface area (Å²) in [6.45, 7) is 14.5. The molecule has 2 atom stereocenters. The van der Waals surface area contributed by atoms with Gasteiger partial charge < -0.3 is 10.2 Å². The van der Waals surface area contributed by atoms with Gasteiger partial charge in [-0.05, 0) is 70.8 Å². The first-order valence-corrected chi connectivity index (χ1v) is 7.94. The number of hydrogen-bond acceptors (Lipinski definition) is 3. The van der Waals surface area contributed by atoms with E-state index in [9.17, 15) is 0 Å². The van der Waals surface area contributed by atoms with Crippen molar-refractivity contribution in [3.63, 3.8) is 0 Å². The van der Waals surface area contributed by atoms with Gasteiger partial charge in [0.05, 0.1) is 0 Å². The van der Waals surface area contributed by atoms with Crippen LogP contribution in [-0.2, 0) is 0 Å². The number of rotatable bonds is 4. The lowest BCUT2D eigenvalue weighted by atomic mass is 9.98. The molecule has 2 heterocycles. The van der Waals surface area contributed by atoms with Gasteiger partial charge in [0.15, 0.2) is 0 Å². The summed E-state index contributed by atoms with van der Waals surface area (Å²) in [6.07, 6.45) is 2.60. The zero-order valence-electron chi connectivity index (χ0n) is 13.7. The molecular formula is C17H29N3. The van der Waals surface area contributed by atoms with E-state index in [2.05, 4.69) is 55.9 Å². The van der Waals surface area contributed by atoms with E-state index in [1.807, 2.05) is 0 Å². The molecule has 1 aromatic heterocycles. The topological polar surface area (TPSA) is 28.2 Å². The van der Waals surface area contributed by atoms with Crippen molar-refractivity contribution in [2.24, 2.45) is 0 Å². The molecule has 0 radical (unpaired) electrons. The van der Waals surface area contributed by atoms with Crippen LogP contribution in [-0.4, -0.2) is 35.6 Å². The standard InChI is InChI=1S/C17H29N3/c1-6-20-9-7-8-16(11-20)19-15(5)17-12(2)10-13(3)18-14(17)4/h10,15-16,19H,6-9,11H2,1-5H3. The van der Waals surface area contributed by atoms with Crippen molar-refractivity contribution in [3.05, 3.63) is 28.6 Å². The van der Waals surface area contributed by atoms with Crippen molar-refractivity contribution in [1.82, 2.24) is 15.2 Å². The van der Waals surface area contributed by atoms with Crippen molar-refractivity contribution in [1.29, 1.82) is 0 Å². The molecule has 0 spiro atoms. The first-order chi connectivity index (χ1) is 9.51. The third-order valence-corrected chi connectivity index (χ3v) is 4.46. The van der Waals surface area contributed by atoms with Crippen LogP contribution in [0.25, 0.3) is 0 Å². The minimum atomic E-state index is 0.380. The smallest absolute Gasteiger partial charge is 0.0426 e. The Bertz CT molecular complexity index is 433. The van der Waals surface area contributed by atoms with Crippen molar-refractivity contribution in [2.75, 3.05) is 19.6 Å². The quantitative estimate of drug-likeness (QED) is 0.915. The Hall–Kier alpha value is -0.930. The number of nitrogens with one attached hydrogen (secondary N) is 1. The fourth-order valence-electron chi connectivity index (χ4n) is 3.60. The van der Waals surface area contributed by atoms with Gasteiger partial charge in [0.1, 0.15) is 0 Å². The van der Waals surface area contributed by atoms with E-state index in [1.54, 1.807) is 0 Å². The fraction of sp³-hybridized carbons (Fsp3) is 0.706. The lowest BCUT2D eigenvalue weighted by molar-refractivity contribution is 0.192. The van der Waals surface area contributed by atoms with Crippen molar-refractivity contribution in [2.45, 2.75) is 59.5 Å². The maximum absolute atomic E-state index is 4.63. The average molecular weight is 275 g/mol. The highest BCUT2D eigenvalue weighted by molar-refractivity contribution is 5.33. The SMILES string of the molecule is CCN1CCCC(NC(C)c2c(C)cc(C)nc2C)C1. The number of piperidine rings is 1. The third kappa shape index (κ3) is 3.58. The number of likely N-dealkylation sites (tertiary alicyclic amines) is 1. The van der Waals surface area contributed by atoms with E-state index in [0.29, 0.717) is 12.1 Å². The van der Waals surface area contributed by atoms with Crippen LogP contribution in [0, 0.1) is 20.8 Å². The Morgan fingerprint density at radius 1 is 1.40 bits per heavy atom. The van der Waals surface area contributed by atoms with Gasteiger partial charge >= 0.3 is 0 Å². The zero-order chi connectivity index (χ0) is 14.7. The minimum Gasteiger partial charge on any atom is -0.306 e. The molecule has 20 heavy (non-hydrogen) atoms. The summed E-state index contributed by atoms with van der Waals surface area (Å²) in [6, 6.07) is 3.18. The number of aromatic nitrogens is 1. The summed E-state index contributed by atoms with van der Waals surface area (Å²) < 4.78 is 0. The fourth-order valence-corrected chi connectivity index (χ4v) is 3.60. The molecule has 112 valence electrons. The summed E-state index contributed by atoms with van der Waals surface area (Å²) in [4.78, 5) is 7.17. The van der Waals surface area contributed by atoms with E-state index in [1.165, 1.54) is 42.8 Å². The molecule has 0 aromatic carbocycles. The van der Waals surface area contributed by atoms with Crippen molar-refractivity contribution >= 4 is 0 Å². The highest BCUT2D eigenvalue weighted by Crippen LogP contribution is 2.23. The van der Waals surface area contributed by atoms with E-state index in [-0.39, 0.29) is 0 Å². The number of nitrogens with zero attached hydrogens (tertiary/aromatic N) is 2. The lowest BCUT2D eigenvalue weighted by Crippen LogP contribution is -2.46. The van der Waals surface area contributed by atoms with Crippen LogP contribution >= 0.6 is 0 Å². The molecule has 1 aliphatic heterocycles. The number of pyridine rings is 1. The summed E-state index contributed by atoms with van der Waals surface area (Å²) in [7, 11) is 0. The molecule has 1 N–H and O–H groups in total. The molecule has 0 saturated carbocycles. The normalized spacial score (nSPS) is 21.9. The largest absolute Gasteiger partial charge is 0.306 e. The van der Waals surface area contributed by atoms with E-state index in [4.69, 9.17) is 0 Å². The van der Waals surface area contributed by atoms with Crippen LogP contribution < -0.4 is 5.32 Å². The monoisotopic (exact) mass is 275 g/mol. The van der Waals surface area contributed by atoms with Gasteiger partial charge in [-0.2, -0.15) is 0 Å². The minimum absolute atomic E-state index is 0.380. The van der Waals surface area contributed by atoms with E-state index < -0.39 is 0 Å². The van der Waals surface area contributed by atoms with Gasteiger partial charge in [0, 0.05) is 30.0 Å². The zero-order valence-corrected chi connectivity index (χ0v) is 13.7. The molecule has 0 bridgehead atoms. The molecular weight excluding hydrogens is 246 g/mol. The highest BCUT2D eigenvalue weighted by atomic mass is 15.2. The Labute approximate surface area is 123 Å². The predicted octanol–water partition coefficient (Wildman–Crippen LogP) is 3.14. The van der Waals surface area contributed by atoms with Crippen LogP contribution in [0.1, 0.15) is 55.2 Å². The Balaban J connectivity index is 2.06. The summed E-state index contributed by atoms with van der Waals surface area (Å²) in [5, 5.41) is 3.82. The summed E-state index contributed by atoms with van der Waals surface area (Å²) in [5.41, 5.74) is 5.03. The third-order valence-electron chi connectivity index (χ3n) is 4.46. The van der Waals surface area contributed by atoms with Gasteiger partial charge in [-0.15, -0.1) is 0 Å². The van der Waals surface area contributed by atoms with Gasteiger partial charge in [0.25, 0.3) is 0 Å². The second-order valence-corrected chi connectivity index (χ2v) is 6.20. The van der Waals surface area contributed by atoms with Crippen molar-refractivity contribution in [3.8, 4) is 0 Å². The number of aryl methyl sites for hydroxylation is 3. The van der Waals surface area contributed by atoms with Gasteiger partial charge in [-0.3, -0.25) is 4.98 Å². The second-order valence-electron chi connectivity index (χ2n) is 6.20. The van der Waals surface area contributed by atoms with Crippen LogP contribution in [0.5, 0.6) is 0 Å². The summed E-state index contributed by atoms with van der Waals surface area (Å²) >= 11 is 0. The highest BCUT2D eigenvalue weighted by Gasteiger charge is 2.22. The predicted molar refractivity (Wildman–Crippen MR) is 85.1 cm³/mol. The van der Waals surface area contributed by atoms with Crippen LogP contribution in [0.15, 0.2) is 6.07 Å². The second kappa shape index (κ2) is 6.68. The first-order valence-electron chi connectivity index (χ1n) is 7.94. The number of hydrogen-bond donors (Lipinski definition) is 1. The van der Waals surface area contributed by atoms with E-state index in [0.717, 1.165) is 12.2 Å². The van der Waals surface area contributed by atoms with E-state index >= 15 is 0 Å². The maximum atomic E-state index is 4.63. The van der Waals surface area contributed by atoms with Gasteiger partial charge in [-0.25, -0.2) is 0 Å². The Kier molecular flexibility index (Phi) is 5.17. The Morgan fingerprint density at radius 3 is 2.80 bits per heavy atom. The van der Waals surface area contributed by atoms with Crippen LogP contribution in [0.4, 0.5) is 0 Å². The van der Waals surface area contributed by atoms with Gasteiger partial charge in [0.2, 0.25) is 0 Å². The van der Waals surface area contributed by atoms with Crippen LogP contribution in [0.2, 0.25) is 0 Å². The van der Waals surface area contributed by atoms with Crippen LogP contribution in [0.3, 0.4) is 0 Å². The van der Waals surface area contributed by atoms with Crippen molar-refractivity contribution < 1.29 is 0 Å². The molecule has 0 amide bonds. The first kappa shape index (κ1) is 15.5. The molecule has 1 aromatic rings. The molecule has 1 aliphatic rings. The molecule has 3 nitrogen and oxygen atoms in total. The molecule has 1 saturated heterocycles. The molecule has 1 fully saturated rings. The molecule has 3 heteroatoms. The molecule has 0 aliphatic carbocycles.